The van der Waals surface area contributed by atoms with Crippen LogP contribution < -0.4 is 5.32 Å². The van der Waals surface area contributed by atoms with Crippen molar-refractivity contribution in [3.63, 3.8) is 0 Å². The highest BCUT2D eigenvalue weighted by Gasteiger charge is 2.42. The fourth-order valence-corrected chi connectivity index (χ4v) is 2.65. The van der Waals surface area contributed by atoms with Gasteiger partial charge >= 0.3 is 5.97 Å². The minimum absolute atomic E-state index is 0.165. The predicted molar refractivity (Wildman–Crippen MR) is 99.0 cm³/mol. The summed E-state index contributed by atoms with van der Waals surface area (Å²) in [5.41, 5.74) is -0.675. The van der Waals surface area contributed by atoms with Gasteiger partial charge in [-0.25, -0.2) is 4.79 Å². The molecule has 0 radical (unpaired) electrons. The molecule has 1 aromatic rings. The number of carbonyl (C=O) groups excluding carboxylic acids is 4. The van der Waals surface area contributed by atoms with Crippen LogP contribution in [0.2, 0.25) is 0 Å². The molecule has 2 rings (SSSR count). The Bertz CT molecular complexity index is 838. The van der Waals surface area contributed by atoms with Gasteiger partial charge in [-0.1, -0.05) is 26.0 Å². The van der Waals surface area contributed by atoms with Gasteiger partial charge in [0.15, 0.2) is 6.10 Å². The zero-order chi connectivity index (χ0) is 21.2. The summed E-state index contributed by atoms with van der Waals surface area (Å²) in [4.78, 5) is 50.5. The number of rotatable bonds is 6. The lowest BCUT2D eigenvalue weighted by molar-refractivity contribution is -0.158. The van der Waals surface area contributed by atoms with E-state index in [1.165, 1.54) is 26.0 Å². The first-order valence-corrected chi connectivity index (χ1v) is 8.94. The number of hydrogen-bond donors (Lipinski definition) is 1. The second-order valence-electron chi connectivity index (χ2n) is 7.24. The van der Waals surface area contributed by atoms with Gasteiger partial charge in [0.2, 0.25) is 0 Å². The molecule has 0 saturated heterocycles. The zero-order valence-electron chi connectivity index (χ0n) is 16.5. The number of amides is 3. The van der Waals surface area contributed by atoms with Gasteiger partial charge < -0.3 is 10.1 Å². The Morgan fingerprint density at radius 3 is 2.04 bits per heavy atom. The van der Waals surface area contributed by atoms with Crippen molar-refractivity contribution < 1.29 is 23.9 Å². The number of imide groups is 1. The van der Waals surface area contributed by atoms with E-state index in [4.69, 9.17) is 4.74 Å². The predicted octanol–water partition coefficient (Wildman–Crippen LogP) is 1.66. The molecule has 0 aromatic heterocycles. The highest BCUT2D eigenvalue weighted by molar-refractivity contribution is 6.22. The van der Waals surface area contributed by atoms with Crippen LogP contribution in [0.3, 0.4) is 0 Å². The molecule has 8 nitrogen and oxygen atoms in total. The Kier molecular flexibility index (Phi) is 5.88. The summed E-state index contributed by atoms with van der Waals surface area (Å²) < 4.78 is 5.15. The van der Waals surface area contributed by atoms with E-state index in [0.717, 1.165) is 4.90 Å². The SMILES string of the molecule is CC(C)[C@@](C)(C#N)NC(=O)[C@@H](C)OC(=O)[C@@H](C)N1C(=O)c2ccccc2C1=O. The summed E-state index contributed by atoms with van der Waals surface area (Å²) in [6.45, 7) is 7.86. The van der Waals surface area contributed by atoms with E-state index in [9.17, 15) is 24.4 Å². The van der Waals surface area contributed by atoms with E-state index in [1.807, 2.05) is 6.07 Å². The fraction of sp³-hybridized carbons (Fsp3) is 0.450. The second kappa shape index (κ2) is 7.80. The molecule has 0 fully saturated rings. The van der Waals surface area contributed by atoms with Gasteiger partial charge in [0, 0.05) is 0 Å². The maximum atomic E-state index is 12.5. The maximum absolute atomic E-state index is 12.5. The molecule has 0 bridgehead atoms. The molecule has 148 valence electrons. The van der Waals surface area contributed by atoms with Gasteiger partial charge in [-0.2, -0.15) is 5.26 Å². The summed E-state index contributed by atoms with van der Waals surface area (Å²) in [6, 6.07) is 7.12. The van der Waals surface area contributed by atoms with E-state index in [-0.39, 0.29) is 17.0 Å². The topological polar surface area (TPSA) is 117 Å². The smallest absolute Gasteiger partial charge is 0.329 e. The van der Waals surface area contributed by atoms with Crippen LogP contribution in [-0.4, -0.2) is 46.3 Å². The van der Waals surface area contributed by atoms with E-state index in [1.54, 1.807) is 32.9 Å². The van der Waals surface area contributed by atoms with Crippen molar-refractivity contribution in [2.45, 2.75) is 52.3 Å². The van der Waals surface area contributed by atoms with Crippen LogP contribution in [0.4, 0.5) is 0 Å². The van der Waals surface area contributed by atoms with E-state index in [0.29, 0.717) is 0 Å². The van der Waals surface area contributed by atoms with Crippen LogP contribution in [0.15, 0.2) is 24.3 Å². The Labute approximate surface area is 163 Å². The summed E-state index contributed by atoms with van der Waals surface area (Å²) in [7, 11) is 0. The number of esters is 1. The van der Waals surface area contributed by atoms with Crippen molar-refractivity contribution in [2.24, 2.45) is 5.92 Å². The molecule has 1 N–H and O–H groups in total. The molecule has 3 amide bonds. The molecule has 0 saturated carbocycles. The summed E-state index contributed by atoms with van der Waals surface area (Å²) in [6.07, 6.45) is -1.20. The monoisotopic (exact) mass is 385 g/mol. The van der Waals surface area contributed by atoms with Crippen molar-refractivity contribution >= 4 is 23.7 Å². The molecule has 1 aliphatic rings. The number of fused-ring (bicyclic) bond motifs is 1. The van der Waals surface area contributed by atoms with Gasteiger partial charge in [-0.05, 0) is 38.8 Å². The molecule has 0 spiro atoms. The van der Waals surface area contributed by atoms with Gasteiger partial charge in [0.25, 0.3) is 17.7 Å². The maximum Gasteiger partial charge on any atom is 0.329 e. The number of nitrogens with zero attached hydrogens (tertiary/aromatic N) is 2. The molecular formula is C20H23N3O5. The average molecular weight is 385 g/mol. The van der Waals surface area contributed by atoms with Crippen molar-refractivity contribution in [1.82, 2.24) is 10.2 Å². The minimum atomic E-state index is -1.20. The molecule has 1 aliphatic heterocycles. The fourth-order valence-electron chi connectivity index (χ4n) is 2.65. The summed E-state index contributed by atoms with van der Waals surface area (Å²) in [5, 5.41) is 11.9. The van der Waals surface area contributed by atoms with Gasteiger partial charge in [0.05, 0.1) is 17.2 Å². The van der Waals surface area contributed by atoms with E-state index in [2.05, 4.69) is 5.32 Å². The molecular weight excluding hydrogens is 362 g/mol. The molecule has 0 aliphatic carbocycles. The lowest BCUT2D eigenvalue weighted by Gasteiger charge is -2.29. The molecule has 1 aromatic carbocycles. The highest BCUT2D eigenvalue weighted by atomic mass is 16.5. The number of benzene rings is 1. The average Bonchev–Trinajstić information content (AvgIpc) is 2.91. The van der Waals surface area contributed by atoms with Gasteiger partial charge in [-0.3, -0.25) is 19.3 Å². The lowest BCUT2D eigenvalue weighted by atomic mass is 9.90. The largest absolute Gasteiger partial charge is 0.451 e. The molecule has 3 atom stereocenters. The molecule has 8 heteroatoms. The van der Waals surface area contributed by atoms with Crippen molar-refractivity contribution in [1.29, 1.82) is 5.26 Å². The number of nitrogens with one attached hydrogen (secondary N) is 1. The Morgan fingerprint density at radius 2 is 1.61 bits per heavy atom. The first kappa shape index (κ1) is 21.1. The molecule has 28 heavy (non-hydrogen) atoms. The first-order chi connectivity index (χ1) is 13.0. The lowest BCUT2D eigenvalue weighted by Crippen LogP contribution is -2.53. The number of ether oxygens (including phenoxy) is 1. The van der Waals surface area contributed by atoms with Crippen LogP contribution in [-0.2, 0) is 14.3 Å². The first-order valence-electron chi connectivity index (χ1n) is 8.94. The van der Waals surface area contributed by atoms with Crippen LogP contribution in [0.5, 0.6) is 0 Å². The molecule has 0 unspecified atom stereocenters. The van der Waals surface area contributed by atoms with E-state index < -0.39 is 41.4 Å². The number of carbonyl (C=O) groups is 4. The van der Waals surface area contributed by atoms with Crippen molar-refractivity contribution in [3.05, 3.63) is 35.4 Å². The van der Waals surface area contributed by atoms with E-state index >= 15 is 0 Å². The van der Waals surface area contributed by atoms with Crippen molar-refractivity contribution in [2.75, 3.05) is 0 Å². The molecule has 1 heterocycles. The third kappa shape index (κ3) is 3.74. The Hall–Kier alpha value is -3.21. The van der Waals surface area contributed by atoms with Crippen LogP contribution in [0.1, 0.15) is 55.3 Å². The number of nitriles is 1. The third-order valence-corrected chi connectivity index (χ3v) is 4.99. The van der Waals surface area contributed by atoms with Gasteiger partial charge in [-0.15, -0.1) is 0 Å². The highest BCUT2D eigenvalue weighted by Crippen LogP contribution is 2.25. The summed E-state index contributed by atoms with van der Waals surface area (Å²) >= 11 is 0. The van der Waals surface area contributed by atoms with Crippen LogP contribution >= 0.6 is 0 Å². The second-order valence-corrected chi connectivity index (χ2v) is 7.24. The Morgan fingerprint density at radius 1 is 1.11 bits per heavy atom. The van der Waals surface area contributed by atoms with Crippen molar-refractivity contribution in [3.8, 4) is 6.07 Å². The normalized spacial score (nSPS) is 17.4. The van der Waals surface area contributed by atoms with Crippen LogP contribution in [0.25, 0.3) is 0 Å². The van der Waals surface area contributed by atoms with Crippen LogP contribution in [0, 0.1) is 17.2 Å². The zero-order valence-corrected chi connectivity index (χ0v) is 16.5. The third-order valence-electron chi connectivity index (χ3n) is 4.99. The quantitative estimate of drug-likeness (QED) is 0.588. The number of hydrogen-bond acceptors (Lipinski definition) is 6. The van der Waals surface area contributed by atoms with Gasteiger partial charge in [0.1, 0.15) is 11.6 Å². The standard InChI is InChI=1S/C20H23N3O5/c1-11(2)20(5,10-21)22-16(24)13(4)28-19(27)12(3)23-17(25)14-8-6-7-9-15(14)18(23)26/h6-9,11-13H,1-5H3,(H,22,24)/t12-,13-,20-/m1/s1. The Balaban J connectivity index is 2.07. The summed E-state index contributed by atoms with van der Waals surface area (Å²) in [5.74, 6) is -2.86. The minimum Gasteiger partial charge on any atom is -0.451 e.